The summed E-state index contributed by atoms with van der Waals surface area (Å²) in [5.41, 5.74) is 1.94. The molecule has 1 aromatic rings. The summed E-state index contributed by atoms with van der Waals surface area (Å²) in [6.07, 6.45) is 1.68. The van der Waals surface area contributed by atoms with Crippen LogP contribution in [-0.4, -0.2) is 11.5 Å². The lowest BCUT2D eigenvalue weighted by Crippen LogP contribution is -2.33. The summed E-state index contributed by atoms with van der Waals surface area (Å²) in [7, 11) is 0. The van der Waals surface area contributed by atoms with E-state index in [4.69, 9.17) is 4.99 Å². The number of hydrogen-bond acceptors (Lipinski definition) is 2. The third-order valence-corrected chi connectivity index (χ3v) is 3.77. The minimum Gasteiger partial charge on any atom is -0.300 e. The minimum atomic E-state index is -0.322. The number of Topliss-reactive ketones (excluding diaryl/α,β-unsaturated/α-hetero) is 1. The van der Waals surface area contributed by atoms with Gasteiger partial charge in [0.2, 0.25) is 0 Å². The molecule has 17 heavy (non-hydrogen) atoms. The van der Waals surface area contributed by atoms with Crippen LogP contribution in [0, 0.1) is 5.92 Å². The number of ketones is 1. The molecule has 0 aliphatic carbocycles. The quantitative estimate of drug-likeness (QED) is 0.781. The molecule has 0 radical (unpaired) electrons. The molecule has 2 atom stereocenters. The van der Waals surface area contributed by atoms with E-state index in [1.807, 2.05) is 25.1 Å². The van der Waals surface area contributed by atoms with Gasteiger partial charge in [0, 0.05) is 5.71 Å². The van der Waals surface area contributed by atoms with Gasteiger partial charge in [0.15, 0.2) is 0 Å². The number of benzene rings is 1. The highest BCUT2D eigenvalue weighted by Crippen LogP contribution is 2.44. The van der Waals surface area contributed by atoms with Crippen LogP contribution < -0.4 is 0 Å². The van der Waals surface area contributed by atoms with E-state index >= 15 is 0 Å². The van der Waals surface area contributed by atoms with Gasteiger partial charge >= 0.3 is 0 Å². The van der Waals surface area contributed by atoms with Crippen molar-refractivity contribution in [3.63, 3.8) is 0 Å². The zero-order valence-corrected chi connectivity index (χ0v) is 10.7. The van der Waals surface area contributed by atoms with Crippen LogP contribution in [-0.2, 0) is 10.3 Å². The lowest BCUT2D eigenvalue weighted by atomic mass is 9.75. The zero-order valence-electron chi connectivity index (χ0n) is 10.7. The molecule has 0 saturated heterocycles. The second kappa shape index (κ2) is 4.44. The van der Waals surface area contributed by atoms with Gasteiger partial charge in [-0.15, -0.1) is 0 Å². The molecule has 1 aliphatic rings. The predicted molar refractivity (Wildman–Crippen MR) is 70.3 cm³/mol. The molecule has 0 unspecified atom stereocenters. The molecule has 0 aromatic heterocycles. The molecule has 0 bridgehead atoms. The normalized spacial score (nSPS) is 27.9. The number of nitrogens with zero attached hydrogens (tertiary/aromatic N) is 1. The van der Waals surface area contributed by atoms with Crippen LogP contribution >= 0.6 is 0 Å². The van der Waals surface area contributed by atoms with Crippen LogP contribution in [0.25, 0.3) is 0 Å². The van der Waals surface area contributed by atoms with Gasteiger partial charge in [-0.1, -0.05) is 37.3 Å². The standard InChI is InChI=1S/C15H19NO/c1-4-15(13-8-6-5-7-9-13)14(12(3)17)10-11(2)16-15/h5-9,14H,4,10H2,1-3H3/t14-,15+/m1/s1. The van der Waals surface area contributed by atoms with E-state index in [1.165, 1.54) is 5.56 Å². The molecule has 0 saturated carbocycles. The third-order valence-electron chi connectivity index (χ3n) is 3.77. The summed E-state index contributed by atoms with van der Waals surface area (Å²) in [6, 6.07) is 10.2. The average Bonchev–Trinajstić information content (AvgIpc) is 2.69. The molecule has 90 valence electrons. The summed E-state index contributed by atoms with van der Waals surface area (Å²) < 4.78 is 0. The smallest absolute Gasteiger partial charge is 0.136 e. The second-order valence-corrected chi connectivity index (χ2v) is 4.86. The Labute approximate surface area is 103 Å². The van der Waals surface area contributed by atoms with Crippen LogP contribution in [0.2, 0.25) is 0 Å². The van der Waals surface area contributed by atoms with Gasteiger partial charge in [-0.05, 0) is 32.3 Å². The first-order valence-electron chi connectivity index (χ1n) is 6.21. The Hall–Kier alpha value is -1.44. The van der Waals surface area contributed by atoms with Gasteiger partial charge in [-0.3, -0.25) is 9.79 Å². The number of rotatable bonds is 3. The van der Waals surface area contributed by atoms with Gasteiger partial charge in [0.25, 0.3) is 0 Å². The van der Waals surface area contributed by atoms with Crippen molar-refractivity contribution in [2.75, 3.05) is 0 Å². The SMILES string of the molecule is CC[C@@]1(c2ccccc2)N=C(C)C[C@@H]1C(C)=O. The Morgan fingerprint density at radius 3 is 2.59 bits per heavy atom. The highest BCUT2D eigenvalue weighted by atomic mass is 16.1. The highest BCUT2D eigenvalue weighted by molar-refractivity contribution is 5.93. The van der Waals surface area contributed by atoms with Crippen molar-refractivity contribution in [3.8, 4) is 0 Å². The van der Waals surface area contributed by atoms with E-state index in [0.717, 1.165) is 18.6 Å². The van der Waals surface area contributed by atoms with Crippen molar-refractivity contribution in [2.24, 2.45) is 10.9 Å². The number of carbonyl (C=O) groups is 1. The zero-order chi connectivity index (χ0) is 12.5. The van der Waals surface area contributed by atoms with E-state index in [9.17, 15) is 4.79 Å². The predicted octanol–water partition coefficient (Wildman–Crippen LogP) is 3.36. The Bertz CT molecular complexity index is 449. The third kappa shape index (κ3) is 1.92. The van der Waals surface area contributed by atoms with Gasteiger partial charge in [-0.2, -0.15) is 0 Å². The van der Waals surface area contributed by atoms with Crippen molar-refractivity contribution in [1.82, 2.24) is 0 Å². The van der Waals surface area contributed by atoms with Gasteiger partial charge in [0.1, 0.15) is 5.78 Å². The van der Waals surface area contributed by atoms with Crippen LogP contribution in [0.3, 0.4) is 0 Å². The van der Waals surface area contributed by atoms with Crippen molar-refractivity contribution in [1.29, 1.82) is 0 Å². The van der Waals surface area contributed by atoms with Crippen molar-refractivity contribution >= 4 is 11.5 Å². The summed E-state index contributed by atoms with van der Waals surface area (Å²) in [6.45, 7) is 5.83. The number of aliphatic imine (C=N–C) groups is 1. The maximum atomic E-state index is 11.9. The van der Waals surface area contributed by atoms with Crippen LogP contribution in [0.4, 0.5) is 0 Å². The molecular weight excluding hydrogens is 210 g/mol. The fourth-order valence-corrected chi connectivity index (χ4v) is 2.93. The molecule has 0 spiro atoms. The minimum absolute atomic E-state index is 0.00917. The first-order chi connectivity index (χ1) is 8.10. The molecule has 1 aromatic carbocycles. The summed E-state index contributed by atoms with van der Waals surface area (Å²) in [5, 5.41) is 0. The molecular formula is C15H19NO. The Morgan fingerprint density at radius 1 is 1.41 bits per heavy atom. The van der Waals surface area contributed by atoms with Gasteiger partial charge in [-0.25, -0.2) is 0 Å². The highest BCUT2D eigenvalue weighted by Gasteiger charge is 2.45. The topological polar surface area (TPSA) is 29.4 Å². The molecule has 2 heteroatoms. The lowest BCUT2D eigenvalue weighted by Gasteiger charge is -2.31. The van der Waals surface area contributed by atoms with E-state index < -0.39 is 0 Å². The van der Waals surface area contributed by atoms with Crippen molar-refractivity contribution in [2.45, 2.75) is 39.2 Å². The lowest BCUT2D eigenvalue weighted by molar-refractivity contribution is -0.122. The molecule has 0 fully saturated rings. The Balaban J connectivity index is 2.52. The fraction of sp³-hybridized carbons (Fsp3) is 0.467. The van der Waals surface area contributed by atoms with Crippen molar-refractivity contribution < 1.29 is 4.79 Å². The number of carbonyl (C=O) groups excluding carboxylic acids is 1. The van der Waals surface area contributed by atoms with E-state index in [2.05, 4.69) is 19.1 Å². The largest absolute Gasteiger partial charge is 0.300 e. The van der Waals surface area contributed by atoms with Crippen LogP contribution in [0.5, 0.6) is 0 Å². The Morgan fingerprint density at radius 2 is 2.06 bits per heavy atom. The summed E-state index contributed by atoms with van der Waals surface area (Å²) in [4.78, 5) is 16.7. The van der Waals surface area contributed by atoms with Crippen LogP contribution in [0.15, 0.2) is 35.3 Å². The second-order valence-electron chi connectivity index (χ2n) is 4.86. The van der Waals surface area contributed by atoms with Gasteiger partial charge in [0.05, 0.1) is 11.5 Å². The molecule has 0 amide bonds. The van der Waals surface area contributed by atoms with Crippen LogP contribution in [0.1, 0.15) is 39.2 Å². The van der Waals surface area contributed by atoms with Gasteiger partial charge < -0.3 is 0 Å². The molecule has 1 heterocycles. The first-order valence-corrected chi connectivity index (χ1v) is 6.21. The summed E-state index contributed by atoms with van der Waals surface area (Å²) >= 11 is 0. The number of hydrogen-bond donors (Lipinski definition) is 0. The Kier molecular flexibility index (Phi) is 3.14. The monoisotopic (exact) mass is 229 g/mol. The van der Waals surface area contributed by atoms with E-state index in [1.54, 1.807) is 6.92 Å². The maximum absolute atomic E-state index is 11.9. The van der Waals surface area contributed by atoms with E-state index in [-0.39, 0.29) is 17.2 Å². The molecule has 2 rings (SSSR count). The van der Waals surface area contributed by atoms with E-state index in [0.29, 0.717) is 0 Å². The molecule has 1 aliphatic heterocycles. The fourth-order valence-electron chi connectivity index (χ4n) is 2.93. The maximum Gasteiger partial charge on any atom is 0.136 e. The first kappa shape index (κ1) is 12.0. The molecule has 0 N–H and O–H groups in total. The van der Waals surface area contributed by atoms with Crippen molar-refractivity contribution in [3.05, 3.63) is 35.9 Å². The molecule has 2 nitrogen and oxygen atoms in total. The summed E-state index contributed by atoms with van der Waals surface area (Å²) in [5.74, 6) is 0.256. The average molecular weight is 229 g/mol.